The maximum Gasteiger partial charge on any atom is 0.410 e. The van der Waals surface area contributed by atoms with Gasteiger partial charge in [0.05, 0.1) is 23.8 Å². The van der Waals surface area contributed by atoms with Crippen LogP contribution in [0.1, 0.15) is 26.3 Å². The molecule has 1 unspecified atom stereocenters. The SMILES string of the molecule is CC(C)(C)OC(=O)N1CC(COc2c3c(cc4occc24)OC(O)C=C3)C1. The minimum atomic E-state index is -0.980. The van der Waals surface area contributed by atoms with Gasteiger partial charge in [-0.1, -0.05) is 0 Å². The van der Waals surface area contributed by atoms with E-state index in [0.29, 0.717) is 36.8 Å². The highest BCUT2D eigenvalue weighted by molar-refractivity contribution is 5.91. The standard InChI is InChI=1S/C20H23NO6/c1-20(2,3)27-19(23)21-9-12(10-21)11-25-18-13-4-5-17(22)26-16(13)8-15-14(18)6-7-24-15/h4-8,12,17,22H,9-11H2,1-3H3. The summed E-state index contributed by atoms with van der Waals surface area (Å²) in [6.07, 6.45) is 3.68. The number of rotatable bonds is 3. The first kappa shape index (κ1) is 17.7. The first-order valence-electron chi connectivity index (χ1n) is 8.98. The largest absolute Gasteiger partial charge is 0.492 e. The number of carbonyl (C=O) groups excluding carboxylic acids is 1. The van der Waals surface area contributed by atoms with Crippen molar-refractivity contribution >= 4 is 23.1 Å². The molecule has 1 saturated heterocycles. The molecule has 2 aliphatic rings. The number of amides is 1. The maximum absolute atomic E-state index is 12.0. The first-order chi connectivity index (χ1) is 12.8. The number of nitrogens with zero attached hydrogens (tertiary/aromatic N) is 1. The third-order valence-corrected chi connectivity index (χ3v) is 4.46. The van der Waals surface area contributed by atoms with Gasteiger partial charge in [-0.25, -0.2) is 4.79 Å². The van der Waals surface area contributed by atoms with E-state index >= 15 is 0 Å². The second kappa shape index (κ2) is 6.49. The van der Waals surface area contributed by atoms with Crippen molar-refractivity contribution in [2.45, 2.75) is 32.7 Å². The third kappa shape index (κ3) is 3.60. The fourth-order valence-corrected chi connectivity index (χ4v) is 3.18. The fraction of sp³-hybridized carbons (Fsp3) is 0.450. The molecule has 1 amide bonds. The second-order valence-corrected chi connectivity index (χ2v) is 7.88. The Bertz CT molecular complexity index is 888. The lowest BCUT2D eigenvalue weighted by Gasteiger charge is -2.39. The minimum absolute atomic E-state index is 0.231. The zero-order valence-corrected chi connectivity index (χ0v) is 15.6. The third-order valence-electron chi connectivity index (χ3n) is 4.46. The normalized spacial score (nSPS) is 19.4. The van der Waals surface area contributed by atoms with Crippen LogP contribution in [0.4, 0.5) is 4.79 Å². The number of hydrogen-bond acceptors (Lipinski definition) is 6. The molecule has 2 aromatic rings. The molecular weight excluding hydrogens is 350 g/mol. The molecule has 4 rings (SSSR count). The van der Waals surface area contributed by atoms with Gasteiger partial charge >= 0.3 is 6.09 Å². The van der Waals surface area contributed by atoms with Crippen molar-refractivity contribution in [3.05, 3.63) is 30.0 Å². The summed E-state index contributed by atoms with van der Waals surface area (Å²) < 4.78 is 22.4. The highest BCUT2D eigenvalue weighted by Gasteiger charge is 2.34. The highest BCUT2D eigenvalue weighted by Crippen LogP contribution is 2.41. The maximum atomic E-state index is 12.0. The van der Waals surface area contributed by atoms with E-state index in [1.54, 1.807) is 29.4 Å². The second-order valence-electron chi connectivity index (χ2n) is 7.88. The van der Waals surface area contributed by atoms with Crippen LogP contribution in [0, 0.1) is 5.92 Å². The zero-order valence-electron chi connectivity index (χ0n) is 15.6. The molecule has 0 aliphatic carbocycles. The number of hydrogen-bond donors (Lipinski definition) is 1. The number of benzene rings is 1. The van der Waals surface area contributed by atoms with Gasteiger partial charge in [-0.05, 0) is 39.0 Å². The number of ether oxygens (including phenoxy) is 3. The van der Waals surface area contributed by atoms with Crippen molar-refractivity contribution in [3.8, 4) is 11.5 Å². The van der Waals surface area contributed by atoms with Crippen LogP contribution in [0.25, 0.3) is 17.0 Å². The minimum Gasteiger partial charge on any atom is -0.492 e. The number of aliphatic hydroxyl groups is 1. The highest BCUT2D eigenvalue weighted by atomic mass is 16.6. The van der Waals surface area contributed by atoms with Crippen LogP contribution in [-0.2, 0) is 4.74 Å². The number of fused-ring (bicyclic) bond motifs is 2. The van der Waals surface area contributed by atoms with Gasteiger partial charge in [0.1, 0.15) is 22.7 Å². The average Bonchev–Trinajstić information content (AvgIpc) is 2.98. The van der Waals surface area contributed by atoms with Crippen LogP contribution >= 0.6 is 0 Å². The van der Waals surface area contributed by atoms with E-state index in [1.165, 1.54) is 0 Å². The van der Waals surface area contributed by atoms with Crippen LogP contribution in [0.2, 0.25) is 0 Å². The summed E-state index contributed by atoms with van der Waals surface area (Å²) in [5.74, 6) is 1.41. The van der Waals surface area contributed by atoms with Gasteiger partial charge in [-0.15, -0.1) is 0 Å². The van der Waals surface area contributed by atoms with Crippen LogP contribution in [0.3, 0.4) is 0 Å². The molecule has 27 heavy (non-hydrogen) atoms. The van der Waals surface area contributed by atoms with Gasteiger partial charge in [0, 0.05) is 25.1 Å². The summed E-state index contributed by atoms with van der Waals surface area (Å²) in [4.78, 5) is 13.7. The molecule has 7 heteroatoms. The summed E-state index contributed by atoms with van der Waals surface area (Å²) in [6, 6.07) is 3.59. The molecule has 1 aromatic carbocycles. The van der Waals surface area contributed by atoms with E-state index in [-0.39, 0.29) is 12.0 Å². The van der Waals surface area contributed by atoms with Gasteiger partial charge in [0.15, 0.2) is 0 Å². The van der Waals surface area contributed by atoms with Gasteiger partial charge in [-0.3, -0.25) is 0 Å². The quantitative estimate of drug-likeness (QED) is 0.888. The number of likely N-dealkylation sites (tertiary alicyclic amines) is 1. The summed E-state index contributed by atoms with van der Waals surface area (Å²) in [5.41, 5.74) is 0.915. The Morgan fingerprint density at radius 1 is 1.37 bits per heavy atom. The van der Waals surface area contributed by atoms with Crippen molar-refractivity contribution in [3.63, 3.8) is 0 Å². The lowest BCUT2D eigenvalue weighted by atomic mass is 10.0. The van der Waals surface area contributed by atoms with Crippen LogP contribution < -0.4 is 9.47 Å². The van der Waals surface area contributed by atoms with Crippen molar-refractivity contribution in [1.29, 1.82) is 0 Å². The Morgan fingerprint density at radius 2 is 2.15 bits per heavy atom. The van der Waals surface area contributed by atoms with E-state index in [2.05, 4.69) is 0 Å². The van der Waals surface area contributed by atoms with E-state index in [4.69, 9.17) is 18.6 Å². The van der Waals surface area contributed by atoms with Gasteiger partial charge in [-0.2, -0.15) is 0 Å². The van der Waals surface area contributed by atoms with Crippen LogP contribution in [0.5, 0.6) is 11.5 Å². The smallest absolute Gasteiger partial charge is 0.410 e. The van der Waals surface area contributed by atoms with E-state index in [1.807, 2.05) is 26.8 Å². The van der Waals surface area contributed by atoms with Crippen LogP contribution in [0.15, 0.2) is 28.9 Å². The van der Waals surface area contributed by atoms with E-state index in [0.717, 1.165) is 10.9 Å². The zero-order chi connectivity index (χ0) is 19.2. The molecule has 0 saturated carbocycles. The summed E-state index contributed by atoms with van der Waals surface area (Å²) in [6.45, 7) is 7.23. The molecule has 1 fully saturated rings. The lowest BCUT2D eigenvalue weighted by Crippen LogP contribution is -2.53. The van der Waals surface area contributed by atoms with E-state index < -0.39 is 11.9 Å². The molecule has 0 bridgehead atoms. The number of furan rings is 1. The Kier molecular flexibility index (Phi) is 4.26. The average molecular weight is 373 g/mol. The Balaban J connectivity index is 1.43. The topological polar surface area (TPSA) is 81.4 Å². The van der Waals surface area contributed by atoms with Gasteiger partial charge in [0.2, 0.25) is 6.29 Å². The molecule has 7 nitrogen and oxygen atoms in total. The molecule has 3 heterocycles. The first-order valence-corrected chi connectivity index (χ1v) is 8.98. The molecule has 144 valence electrons. The molecule has 1 aromatic heterocycles. The molecule has 0 spiro atoms. The van der Waals surface area contributed by atoms with Crippen molar-refractivity contribution in [2.75, 3.05) is 19.7 Å². The Hall–Kier alpha value is -2.67. The summed E-state index contributed by atoms with van der Waals surface area (Å²) >= 11 is 0. The van der Waals surface area contributed by atoms with E-state index in [9.17, 15) is 9.90 Å². The van der Waals surface area contributed by atoms with Gasteiger partial charge in [0.25, 0.3) is 0 Å². The predicted octanol–water partition coefficient (Wildman–Crippen LogP) is 3.40. The number of aliphatic hydroxyl groups excluding tert-OH is 1. The summed E-state index contributed by atoms with van der Waals surface area (Å²) in [7, 11) is 0. The number of carbonyl (C=O) groups is 1. The molecule has 1 atom stereocenters. The summed E-state index contributed by atoms with van der Waals surface area (Å²) in [5, 5.41) is 10.5. The molecular formula is C20H23NO6. The fourth-order valence-electron chi connectivity index (χ4n) is 3.18. The molecule has 1 N–H and O–H groups in total. The van der Waals surface area contributed by atoms with Crippen molar-refractivity contribution in [1.82, 2.24) is 4.90 Å². The monoisotopic (exact) mass is 373 g/mol. The lowest BCUT2D eigenvalue weighted by molar-refractivity contribution is -0.00778. The van der Waals surface area contributed by atoms with Gasteiger partial charge < -0.3 is 28.6 Å². The van der Waals surface area contributed by atoms with Crippen molar-refractivity contribution in [2.24, 2.45) is 5.92 Å². The Labute approximate surface area is 157 Å². The van der Waals surface area contributed by atoms with Crippen LogP contribution in [-0.4, -0.2) is 47.7 Å². The van der Waals surface area contributed by atoms with Crippen molar-refractivity contribution < 1.29 is 28.5 Å². The molecule has 0 radical (unpaired) electrons. The Morgan fingerprint density at radius 3 is 2.89 bits per heavy atom. The predicted molar refractivity (Wildman–Crippen MR) is 98.7 cm³/mol. The molecule has 2 aliphatic heterocycles.